The fourth-order valence-electron chi connectivity index (χ4n) is 3.57. The van der Waals surface area contributed by atoms with Gasteiger partial charge in [0.25, 0.3) is 0 Å². The molecule has 2 fully saturated rings. The van der Waals surface area contributed by atoms with Crippen molar-refractivity contribution in [2.24, 2.45) is 10.9 Å². The fourth-order valence-corrected chi connectivity index (χ4v) is 3.57. The van der Waals surface area contributed by atoms with Crippen molar-refractivity contribution in [1.82, 2.24) is 20.4 Å². The van der Waals surface area contributed by atoms with Gasteiger partial charge in [0.2, 0.25) is 0 Å². The molecule has 0 radical (unpaired) electrons. The van der Waals surface area contributed by atoms with Gasteiger partial charge in [-0.3, -0.25) is 9.89 Å². The standard InChI is InChI=1S/C21H43N5.HI/c1-5-22-21(24-18(4)9-8-15-25(6-2)7-3)23-14-16-26(20-12-13-20)17-19-10-11-19;/h18-20H,5-17H2,1-4H3,(H2,22,23,24);1H. The van der Waals surface area contributed by atoms with Crippen molar-refractivity contribution < 1.29 is 0 Å². The highest BCUT2D eigenvalue weighted by Gasteiger charge is 2.33. The Hall–Kier alpha value is -0.0800. The smallest absolute Gasteiger partial charge is 0.191 e. The van der Waals surface area contributed by atoms with Gasteiger partial charge < -0.3 is 15.5 Å². The molecular formula is C21H44IN5. The summed E-state index contributed by atoms with van der Waals surface area (Å²) < 4.78 is 0. The molecule has 0 aliphatic heterocycles. The van der Waals surface area contributed by atoms with Crippen LogP contribution in [-0.4, -0.2) is 73.7 Å². The van der Waals surface area contributed by atoms with Crippen LogP contribution in [0.1, 0.15) is 66.2 Å². The van der Waals surface area contributed by atoms with Crippen molar-refractivity contribution in [2.45, 2.75) is 78.3 Å². The minimum absolute atomic E-state index is 0. The minimum Gasteiger partial charge on any atom is -0.357 e. The zero-order chi connectivity index (χ0) is 18.8. The molecule has 0 heterocycles. The molecule has 0 aromatic carbocycles. The Balaban J connectivity index is 0.00000364. The normalized spacial score (nSPS) is 18.5. The third-order valence-corrected chi connectivity index (χ3v) is 5.64. The summed E-state index contributed by atoms with van der Waals surface area (Å²) in [6, 6.07) is 1.33. The van der Waals surface area contributed by atoms with Gasteiger partial charge >= 0.3 is 0 Å². The topological polar surface area (TPSA) is 42.9 Å². The average molecular weight is 494 g/mol. The molecule has 0 saturated heterocycles. The lowest BCUT2D eigenvalue weighted by atomic mass is 10.2. The van der Waals surface area contributed by atoms with Gasteiger partial charge in [0.05, 0.1) is 6.54 Å². The van der Waals surface area contributed by atoms with Gasteiger partial charge in [0, 0.05) is 31.7 Å². The van der Waals surface area contributed by atoms with Gasteiger partial charge in [0.1, 0.15) is 0 Å². The first-order chi connectivity index (χ1) is 12.7. The van der Waals surface area contributed by atoms with Gasteiger partial charge in [-0.1, -0.05) is 13.8 Å². The molecule has 0 amide bonds. The Labute approximate surface area is 185 Å². The van der Waals surface area contributed by atoms with Gasteiger partial charge in [-0.25, -0.2) is 0 Å². The summed E-state index contributed by atoms with van der Waals surface area (Å²) in [6.45, 7) is 16.7. The molecule has 0 aromatic rings. The number of hydrogen-bond donors (Lipinski definition) is 2. The van der Waals surface area contributed by atoms with Crippen LogP contribution >= 0.6 is 24.0 Å². The van der Waals surface area contributed by atoms with Crippen molar-refractivity contribution in [1.29, 1.82) is 0 Å². The van der Waals surface area contributed by atoms with E-state index in [0.717, 1.165) is 50.6 Å². The van der Waals surface area contributed by atoms with E-state index in [4.69, 9.17) is 4.99 Å². The molecule has 1 atom stereocenters. The molecule has 5 nitrogen and oxygen atoms in total. The number of hydrogen-bond acceptors (Lipinski definition) is 3. The van der Waals surface area contributed by atoms with E-state index in [-0.39, 0.29) is 24.0 Å². The van der Waals surface area contributed by atoms with E-state index in [2.05, 4.69) is 48.1 Å². The quantitative estimate of drug-likeness (QED) is 0.221. The van der Waals surface area contributed by atoms with Crippen LogP contribution in [-0.2, 0) is 0 Å². The van der Waals surface area contributed by atoms with E-state index >= 15 is 0 Å². The molecule has 0 bridgehead atoms. The van der Waals surface area contributed by atoms with E-state index in [0.29, 0.717) is 6.04 Å². The fraction of sp³-hybridized carbons (Fsp3) is 0.952. The lowest BCUT2D eigenvalue weighted by Gasteiger charge is -2.22. The van der Waals surface area contributed by atoms with Gasteiger partial charge in [-0.15, -0.1) is 24.0 Å². The Morgan fingerprint density at radius 1 is 1.07 bits per heavy atom. The highest BCUT2D eigenvalue weighted by molar-refractivity contribution is 14.0. The predicted molar refractivity (Wildman–Crippen MR) is 128 cm³/mol. The minimum atomic E-state index is 0. The summed E-state index contributed by atoms with van der Waals surface area (Å²) >= 11 is 0. The second-order valence-corrected chi connectivity index (χ2v) is 8.14. The second kappa shape index (κ2) is 14.0. The molecule has 27 heavy (non-hydrogen) atoms. The van der Waals surface area contributed by atoms with Gasteiger partial charge in [0.15, 0.2) is 5.96 Å². The largest absolute Gasteiger partial charge is 0.357 e. The van der Waals surface area contributed by atoms with Crippen LogP contribution in [0.4, 0.5) is 0 Å². The van der Waals surface area contributed by atoms with Gasteiger partial charge in [-0.05, 0) is 77.9 Å². The van der Waals surface area contributed by atoms with Crippen molar-refractivity contribution >= 4 is 29.9 Å². The highest BCUT2D eigenvalue weighted by atomic mass is 127. The number of rotatable bonds is 14. The maximum absolute atomic E-state index is 4.85. The molecular weight excluding hydrogens is 449 g/mol. The second-order valence-electron chi connectivity index (χ2n) is 8.14. The Kier molecular flexibility index (Phi) is 12.9. The Bertz CT molecular complexity index is 405. The third kappa shape index (κ3) is 10.9. The molecule has 2 N–H and O–H groups in total. The third-order valence-electron chi connectivity index (χ3n) is 5.64. The number of nitrogens with one attached hydrogen (secondary N) is 2. The van der Waals surface area contributed by atoms with Crippen LogP contribution in [0.3, 0.4) is 0 Å². The van der Waals surface area contributed by atoms with Crippen LogP contribution in [0.15, 0.2) is 4.99 Å². The summed E-state index contributed by atoms with van der Waals surface area (Å²) in [7, 11) is 0. The number of nitrogens with zero attached hydrogens (tertiary/aromatic N) is 3. The van der Waals surface area contributed by atoms with E-state index in [1.54, 1.807) is 0 Å². The van der Waals surface area contributed by atoms with Crippen LogP contribution in [0.5, 0.6) is 0 Å². The number of aliphatic imine (C=N–C) groups is 1. The van der Waals surface area contributed by atoms with Crippen molar-refractivity contribution in [2.75, 3.05) is 45.8 Å². The summed E-state index contributed by atoms with van der Waals surface area (Å²) in [5.41, 5.74) is 0. The molecule has 1 unspecified atom stereocenters. The predicted octanol–water partition coefficient (Wildman–Crippen LogP) is 3.54. The molecule has 2 aliphatic carbocycles. The highest BCUT2D eigenvalue weighted by Crippen LogP contribution is 2.34. The van der Waals surface area contributed by atoms with Crippen LogP contribution in [0.25, 0.3) is 0 Å². The number of halogens is 1. The van der Waals surface area contributed by atoms with Gasteiger partial charge in [-0.2, -0.15) is 0 Å². The molecule has 6 heteroatoms. The first-order valence-electron chi connectivity index (χ1n) is 11.2. The lowest BCUT2D eigenvalue weighted by molar-refractivity contribution is 0.260. The molecule has 0 aromatic heterocycles. The molecule has 0 spiro atoms. The van der Waals surface area contributed by atoms with E-state index in [1.807, 2.05) is 0 Å². The molecule has 160 valence electrons. The van der Waals surface area contributed by atoms with E-state index in [9.17, 15) is 0 Å². The van der Waals surface area contributed by atoms with Crippen LogP contribution < -0.4 is 10.6 Å². The monoisotopic (exact) mass is 493 g/mol. The summed E-state index contributed by atoms with van der Waals surface area (Å²) in [5, 5.41) is 7.02. The molecule has 2 rings (SSSR count). The Morgan fingerprint density at radius 3 is 2.33 bits per heavy atom. The Morgan fingerprint density at radius 2 is 1.78 bits per heavy atom. The average Bonchev–Trinajstić information content (AvgIpc) is 3.51. The first-order valence-corrected chi connectivity index (χ1v) is 11.2. The maximum Gasteiger partial charge on any atom is 0.191 e. The summed E-state index contributed by atoms with van der Waals surface area (Å²) in [5.74, 6) is 1.97. The van der Waals surface area contributed by atoms with Crippen LogP contribution in [0, 0.1) is 5.92 Å². The van der Waals surface area contributed by atoms with E-state index in [1.165, 1.54) is 51.6 Å². The molecule has 2 aliphatic rings. The lowest BCUT2D eigenvalue weighted by Crippen LogP contribution is -2.43. The zero-order valence-corrected chi connectivity index (χ0v) is 20.5. The summed E-state index contributed by atoms with van der Waals surface area (Å²) in [4.78, 5) is 10.0. The van der Waals surface area contributed by atoms with E-state index < -0.39 is 0 Å². The maximum atomic E-state index is 4.85. The van der Waals surface area contributed by atoms with Crippen molar-refractivity contribution in [3.63, 3.8) is 0 Å². The first kappa shape index (κ1) is 25.0. The zero-order valence-electron chi connectivity index (χ0n) is 18.2. The molecule has 2 saturated carbocycles. The SMILES string of the molecule is CCNC(=NCCN(CC1CC1)C1CC1)NC(C)CCCN(CC)CC.I. The van der Waals surface area contributed by atoms with Crippen molar-refractivity contribution in [3.05, 3.63) is 0 Å². The van der Waals surface area contributed by atoms with Crippen molar-refractivity contribution in [3.8, 4) is 0 Å². The van der Waals surface area contributed by atoms with Crippen LogP contribution in [0.2, 0.25) is 0 Å². The summed E-state index contributed by atoms with van der Waals surface area (Å²) in [6.07, 6.45) is 8.13. The number of guanidine groups is 1.